The minimum absolute atomic E-state index is 0.0322. The zero-order chi connectivity index (χ0) is 27.5. The van der Waals surface area contributed by atoms with Gasteiger partial charge in [-0.3, -0.25) is 9.59 Å². The summed E-state index contributed by atoms with van der Waals surface area (Å²) < 4.78 is 5.44. The molecular formula is C33H40N2O3S. The molecule has 5 nitrogen and oxygen atoms in total. The van der Waals surface area contributed by atoms with Gasteiger partial charge in [0.05, 0.1) is 12.9 Å². The fourth-order valence-electron chi connectivity index (χ4n) is 5.21. The lowest BCUT2D eigenvalue weighted by molar-refractivity contribution is -0.139. The third-order valence-electron chi connectivity index (χ3n) is 7.29. The standard InChI is InChI=1S/C33H40N2O3S/c1-25-11-9-15-28(19-25)23-39-24-32(36)35(22-27-14-10-18-30(20-27)38-2)31(21-26-12-5-3-6-13-26)33(37)34-29-16-7-4-8-17-29/h3,5-6,9-15,18-20,29,31H,4,7-8,16-17,21-24H2,1-2H3,(H,34,37)/t31-/m0/s1. The second kappa shape index (κ2) is 14.8. The molecule has 0 aromatic heterocycles. The summed E-state index contributed by atoms with van der Waals surface area (Å²) in [4.78, 5) is 29.5. The number of amides is 2. The molecule has 0 radical (unpaired) electrons. The zero-order valence-electron chi connectivity index (χ0n) is 23.1. The Hall–Kier alpha value is -3.25. The van der Waals surface area contributed by atoms with Gasteiger partial charge in [0, 0.05) is 24.8 Å². The molecule has 0 heterocycles. The molecular weight excluding hydrogens is 504 g/mol. The van der Waals surface area contributed by atoms with Crippen LogP contribution in [0.1, 0.15) is 54.4 Å². The fraction of sp³-hybridized carbons (Fsp3) is 0.394. The third kappa shape index (κ3) is 8.89. The molecule has 1 N–H and O–H groups in total. The maximum absolute atomic E-state index is 13.9. The predicted octanol–water partition coefficient (Wildman–Crippen LogP) is 6.33. The van der Waals surface area contributed by atoms with E-state index in [4.69, 9.17) is 4.74 Å². The number of methoxy groups -OCH3 is 1. The topological polar surface area (TPSA) is 58.6 Å². The number of carbonyl (C=O) groups excluding carboxylic acids is 2. The molecule has 4 rings (SSSR count). The first kappa shape index (κ1) is 28.8. The molecule has 3 aromatic carbocycles. The lowest BCUT2D eigenvalue weighted by Gasteiger charge is -2.33. The van der Waals surface area contributed by atoms with Crippen LogP contribution in [0.3, 0.4) is 0 Å². The van der Waals surface area contributed by atoms with Crippen LogP contribution in [-0.4, -0.2) is 41.7 Å². The molecule has 39 heavy (non-hydrogen) atoms. The third-order valence-corrected chi connectivity index (χ3v) is 8.27. The van der Waals surface area contributed by atoms with E-state index in [0.717, 1.165) is 48.3 Å². The normalized spacial score (nSPS) is 14.4. The summed E-state index contributed by atoms with van der Waals surface area (Å²) >= 11 is 1.59. The number of nitrogens with zero attached hydrogens (tertiary/aromatic N) is 1. The smallest absolute Gasteiger partial charge is 0.243 e. The minimum Gasteiger partial charge on any atom is -0.497 e. The van der Waals surface area contributed by atoms with Gasteiger partial charge in [0.2, 0.25) is 11.8 Å². The molecule has 0 saturated heterocycles. The molecule has 206 valence electrons. The Labute approximate surface area is 237 Å². The van der Waals surface area contributed by atoms with Crippen LogP contribution in [0, 0.1) is 6.92 Å². The summed E-state index contributed by atoms with van der Waals surface area (Å²) in [6, 6.07) is 25.7. The molecule has 2 amide bonds. The van der Waals surface area contributed by atoms with E-state index in [0.29, 0.717) is 18.7 Å². The van der Waals surface area contributed by atoms with Crippen molar-refractivity contribution >= 4 is 23.6 Å². The average Bonchev–Trinajstić information content (AvgIpc) is 2.96. The lowest BCUT2D eigenvalue weighted by atomic mass is 9.94. The summed E-state index contributed by atoms with van der Waals surface area (Å²) in [6.07, 6.45) is 5.96. The molecule has 1 aliphatic rings. The van der Waals surface area contributed by atoms with Crippen molar-refractivity contribution in [2.45, 2.75) is 69.8 Å². The Bertz CT molecular complexity index is 1210. The number of hydrogen-bond donors (Lipinski definition) is 1. The van der Waals surface area contributed by atoms with Crippen molar-refractivity contribution in [2.75, 3.05) is 12.9 Å². The summed E-state index contributed by atoms with van der Waals surface area (Å²) in [6.45, 7) is 2.42. The molecule has 3 aromatic rings. The van der Waals surface area contributed by atoms with Gasteiger partial charge in [0.25, 0.3) is 0 Å². The zero-order valence-corrected chi connectivity index (χ0v) is 23.9. The van der Waals surface area contributed by atoms with Crippen molar-refractivity contribution in [2.24, 2.45) is 0 Å². The van der Waals surface area contributed by atoms with Gasteiger partial charge < -0.3 is 15.0 Å². The SMILES string of the molecule is COc1cccc(CN(C(=O)CSCc2cccc(C)c2)[C@@H](Cc2ccccc2)C(=O)NC2CCCCC2)c1. The number of thioether (sulfide) groups is 1. The van der Waals surface area contributed by atoms with Crippen LogP contribution < -0.4 is 10.1 Å². The molecule has 1 atom stereocenters. The van der Waals surface area contributed by atoms with E-state index in [1.165, 1.54) is 17.5 Å². The van der Waals surface area contributed by atoms with E-state index in [-0.39, 0.29) is 17.9 Å². The first-order valence-corrected chi connectivity index (χ1v) is 15.1. The molecule has 1 aliphatic carbocycles. The molecule has 6 heteroatoms. The number of benzene rings is 3. The van der Waals surface area contributed by atoms with Gasteiger partial charge in [-0.1, -0.05) is 91.6 Å². The fourth-order valence-corrected chi connectivity index (χ4v) is 6.06. The average molecular weight is 545 g/mol. The van der Waals surface area contributed by atoms with Crippen LogP contribution >= 0.6 is 11.8 Å². The Morgan fingerprint density at radius 3 is 2.38 bits per heavy atom. The summed E-state index contributed by atoms with van der Waals surface area (Å²) in [5.74, 6) is 1.69. The Morgan fingerprint density at radius 1 is 0.923 bits per heavy atom. The lowest BCUT2D eigenvalue weighted by Crippen LogP contribution is -2.53. The summed E-state index contributed by atoms with van der Waals surface area (Å²) in [5.41, 5.74) is 4.39. The van der Waals surface area contributed by atoms with Crippen molar-refractivity contribution in [1.82, 2.24) is 10.2 Å². The van der Waals surface area contributed by atoms with Gasteiger partial charge in [-0.2, -0.15) is 0 Å². The van der Waals surface area contributed by atoms with E-state index in [2.05, 4.69) is 30.4 Å². The van der Waals surface area contributed by atoms with E-state index < -0.39 is 6.04 Å². The predicted molar refractivity (Wildman–Crippen MR) is 160 cm³/mol. The van der Waals surface area contributed by atoms with Gasteiger partial charge in [-0.15, -0.1) is 11.8 Å². The minimum atomic E-state index is -0.604. The Balaban J connectivity index is 1.58. The first-order chi connectivity index (χ1) is 19.0. The summed E-state index contributed by atoms with van der Waals surface area (Å²) in [5, 5.41) is 3.31. The van der Waals surface area contributed by atoms with Gasteiger partial charge in [0.15, 0.2) is 0 Å². The molecule has 0 bridgehead atoms. The van der Waals surface area contributed by atoms with E-state index >= 15 is 0 Å². The van der Waals surface area contributed by atoms with E-state index in [1.807, 2.05) is 60.7 Å². The number of ether oxygens (including phenoxy) is 1. The number of rotatable bonds is 12. The Kier molecular flexibility index (Phi) is 10.9. The Morgan fingerprint density at radius 2 is 1.64 bits per heavy atom. The van der Waals surface area contributed by atoms with Crippen LogP contribution in [-0.2, 0) is 28.3 Å². The second-order valence-electron chi connectivity index (χ2n) is 10.4. The monoisotopic (exact) mass is 544 g/mol. The van der Waals surface area contributed by atoms with Crippen molar-refractivity contribution < 1.29 is 14.3 Å². The molecule has 1 fully saturated rings. The van der Waals surface area contributed by atoms with Crippen molar-refractivity contribution in [3.63, 3.8) is 0 Å². The van der Waals surface area contributed by atoms with Crippen LogP contribution in [0.2, 0.25) is 0 Å². The van der Waals surface area contributed by atoms with Gasteiger partial charge in [-0.05, 0) is 48.6 Å². The van der Waals surface area contributed by atoms with Crippen LogP contribution in [0.15, 0.2) is 78.9 Å². The second-order valence-corrected chi connectivity index (χ2v) is 11.4. The highest BCUT2D eigenvalue weighted by Crippen LogP contribution is 2.22. The van der Waals surface area contributed by atoms with Crippen LogP contribution in [0.25, 0.3) is 0 Å². The highest BCUT2D eigenvalue weighted by molar-refractivity contribution is 7.99. The quantitative estimate of drug-likeness (QED) is 0.290. The summed E-state index contributed by atoms with van der Waals surface area (Å²) in [7, 11) is 1.64. The number of nitrogens with one attached hydrogen (secondary N) is 1. The van der Waals surface area contributed by atoms with Crippen molar-refractivity contribution in [3.8, 4) is 5.75 Å². The van der Waals surface area contributed by atoms with Crippen molar-refractivity contribution in [3.05, 3.63) is 101 Å². The number of carbonyl (C=O) groups is 2. The van der Waals surface area contributed by atoms with E-state index in [9.17, 15) is 9.59 Å². The largest absolute Gasteiger partial charge is 0.497 e. The molecule has 0 spiro atoms. The van der Waals surface area contributed by atoms with Crippen molar-refractivity contribution in [1.29, 1.82) is 0 Å². The van der Waals surface area contributed by atoms with Crippen LogP contribution in [0.4, 0.5) is 0 Å². The highest BCUT2D eigenvalue weighted by Gasteiger charge is 2.32. The molecule has 1 saturated carbocycles. The van der Waals surface area contributed by atoms with Crippen LogP contribution in [0.5, 0.6) is 5.75 Å². The van der Waals surface area contributed by atoms with Gasteiger partial charge >= 0.3 is 0 Å². The number of aryl methyl sites for hydroxylation is 1. The van der Waals surface area contributed by atoms with Gasteiger partial charge in [-0.25, -0.2) is 0 Å². The van der Waals surface area contributed by atoms with E-state index in [1.54, 1.807) is 23.8 Å². The first-order valence-electron chi connectivity index (χ1n) is 13.9. The highest BCUT2D eigenvalue weighted by atomic mass is 32.2. The maximum Gasteiger partial charge on any atom is 0.243 e. The van der Waals surface area contributed by atoms with Gasteiger partial charge in [0.1, 0.15) is 11.8 Å². The molecule has 0 aliphatic heterocycles. The number of hydrogen-bond acceptors (Lipinski definition) is 4. The molecule has 0 unspecified atom stereocenters. The maximum atomic E-state index is 13.9.